The molecule has 0 saturated carbocycles. The Hall–Kier alpha value is -3.51. The zero-order valence-electron chi connectivity index (χ0n) is 15.5. The molecule has 2 aromatic heterocycles. The highest BCUT2D eigenvalue weighted by molar-refractivity contribution is 5.80. The Bertz CT molecular complexity index is 1070. The van der Waals surface area contributed by atoms with E-state index >= 15 is 0 Å². The largest absolute Gasteiger partial charge is 0.497 e. The molecular formula is C22H20N2O4. The number of nitrogens with one attached hydrogen (secondary N) is 1. The van der Waals surface area contributed by atoms with E-state index in [0.717, 1.165) is 16.6 Å². The van der Waals surface area contributed by atoms with Gasteiger partial charge in [0, 0.05) is 34.5 Å². The summed E-state index contributed by atoms with van der Waals surface area (Å²) in [6, 6.07) is 18.7. The lowest BCUT2D eigenvalue weighted by molar-refractivity contribution is 0.203. The van der Waals surface area contributed by atoms with Gasteiger partial charge >= 0.3 is 0 Å². The van der Waals surface area contributed by atoms with Crippen LogP contribution in [0.3, 0.4) is 0 Å². The zero-order chi connectivity index (χ0) is 19.5. The summed E-state index contributed by atoms with van der Waals surface area (Å²) in [6.45, 7) is 0. The van der Waals surface area contributed by atoms with Crippen molar-refractivity contribution in [1.82, 2.24) is 4.98 Å². The van der Waals surface area contributed by atoms with Crippen LogP contribution in [-0.4, -0.2) is 24.3 Å². The van der Waals surface area contributed by atoms with Crippen LogP contribution in [0.1, 0.15) is 11.8 Å². The van der Waals surface area contributed by atoms with E-state index in [1.165, 1.54) is 0 Å². The Balaban J connectivity index is 1.60. The van der Waals surface area contributed by atoms with Gasteiger partial charge in [0.1, 0.15) is 17.3 Å². The Kier molecular flexibility index (Phi) is 4.87. The number of pyridine rings is 1. The Labute approximate surface area is 162 Å². The first kappa shape index (κ1) is 17.9. The van der Waals surface area contributed by atoms with E-state index in [2.05, 4.69) is 10.3 Å². The predicted molar refractivity (Wildman–Crippen MR) is 108 cm³/mol. The summed E-state index contributed by atoms with van der Waals surface area (Å²) in [5.74, 6) is 1.92. The van der Waals surface area contributed by atoms with Gasteiger partial charge in [0.15, 0.2) is 6.23 Å². The fourth-order valence-electron chi connectivity index (χ4n) is 3.06. The van der Waals surface area contributed by atoms with Crippen LogP contribution in [0, 0.1) is 0 Å². The number of methoxy groups -OCH3 is 2. The van der Waals surface area contributed by atoms with Crippen LogP contribution in [0.5, 0.6) is 11.5 Å². The molecule has 4 rings (SSSR count). The third-order valence-electron chi connectivity index (χ3n) is 4.48. The molecule has 6 nitrogen and oxygen atoms in total. The molecule has 0 bridgehead atoms. The molecule has 0 radical (unpaired) electrons. The quantitative estimate of drug-likeness (QED) is 0.479. The highest BCUT2D eigenvalue weighted by Gasteiger charge is 2.15. The summed E-state index contributed by atoms with van der Waals surface area (Å²) in [6.07, 6.45) is 0.750. The Morgan fingerprint density at radius 2 is 1.89 bits per heavy atom. The van der Waals surface area contributed by atoms with Crippen molar-refractivity contribution in [3.05, 3.63) is 72.4 Å². The first-order chi connectivity index (χ1) is 13.7. The van der Waals surface area contributed by atoms with Crippen molar-refractivity contribution in [3.8, 4) is 22.8 Å². The number of ether oxygens (including phenoxy) is 2. The van der Waals surface area contributed by atoms with E-state index < -0.39 is 6.23 Å². The third kappa shape index (κ3) is 3.50. The van der Waals surface area contributed by atoms with Crippen LogP contribution in [0.25, 0.3) is 22.4 Å². The Morgan fingerprint density at radius 1 is 1.00 bits per heavy atom. The minimum absolute atomic E-state index is 0.541. The summed E-state index contributed by atoms with van der Waals surface area (Å²) in [4.78, 5) is 4.22. The van der Waals surface area contributed by atoms with E-state index in [9.17, 15) is 5.11 Å². The molecule has 0 spiro atoms. The molecule has 0 aliphatic carbocycles. The first-order valence-electron chi connectivity index (χ1n) is 8.79. The molecule has 0 saturated heterocycles. The smallest absolute Gasteiger partial charge is 0.226 e. The molecule has 0 fully saturated rings. The first-order valence-corrected chi connectivity index (χ1v) is 8.79. The molecule has 0 aliphatic rings. The van der Waals surface area contributed by atoms with Gasteiger partial charge in [-0.1, -0.05) is 12.1 Å². The molecular weight excluding hydrogens is 356 g/mol. The van der Waals surface area contributed by atoms with E-state index in [0.29, 0.717) is 28.5 Å². The second-order valence-electron chi connectivity index (χ2n) is 6.24. The van der Waals surface area contributed by atoms with Gasteiger partial charge in [-0.15, -0.1) is 0 Å². The van der Waals surface area contributed by atoms with Gasteiger partial charge in [-0.25, -0.2) is 4.98 Å². The maximum Gasteiger partial charge on any atom is 0.226 e. The lowest BCUT2D eigenvalue weighted by Crippen LogP contribution is -2.11. The molecule has 0 aliphatic heterocycles. The Morgan fingerprint density at radius 3 is 2.68 bits per heavy atom. The van der Waals surface area contributed by atoms with Crippen LogP contribution in [-0.2, 0) is 0 Å². The van der Waals surface area contributed by atoms with Gasteiger partial charge in [0.25, 0.3) is 0 Å². The number of benzene rings is 2. The lowest BCUT2D eigenvalue weighted by Gasteiger charge is -2.18. The third-order valence-corrected chi connectivity index (χ3v) is 4.48. The number of aliphatic hydroxyl groups is 1. The summed E-state index contributed by atoms with van der Waals surface area (Å²) in [5.41, 5.74) is 2.84. The van der Waals surface area contributed by atoms with E-state index in [4.69, 9.17) is 13.9 Å². The molecule has 2 N–H and O–H groups in total. The predicted octanol–water partition coefficient (Wildman–Crippen LogP) is 4.62. The van der Waals surface area contributed by atoms with Crippen LogP contribution >= 0.6 is 0 Å². The van der Waals surface area contributed by atoms with Crippen LogP contribution in [0.15, 0.2) is 71.3 Å². The fraction of sp³-hybridized carbons (Fsp3) is 0.136. The van der Waals surface area contributed by atoms with Crippen molar-refractivity contribution in [3.63, 3.8) is 0 Å². The average Bonchev–Trinajstić information content (AvgIpc) is 3.17. The molecule has 1 atom stereocenters. The van der Waals surface area contributed by atoms with Crippen molar-refractivity contribution in [1.29, 1.82) is 0 Å². The standard InChI is InChI=1S/C22H20N2O4/c1-26-17-8-9-18(20(13-17)27-2)21(25)24-16-7-3-5-14(11-16)19-12-15-6-4-10-23-22(15)28-19/h3-13,21,24-25H,1-2H3. The molecule has 0 amide bonds. The number of anilines is 1. The fourth-order valence-corrected chi connectivity index (χ4v) is 3.06. The average molecular weight is 376 g/mol. The normalized spacial score (nSPS) is 12.0. The number of aromatic nitrogens is 1. The number of hydrogen-bond donors (Lipinski definition) is 2. The van der Waals surface area contributed by atoms with Crippen LogP contribution in [0.4, 0.5) is 5.69 Å². The number of nitrogens with zero attached hydrogens (tertiary/aromatic N) is 1. The van der Waals surface area contributed by atoms with Crippen molar-refractivity contribution >= 4 is 16.8 Å². The molecule has 28 heavy (non-hydrogen) atoms. The SMILES string of the molecule is COc1ccc(C(O)Nc2cccc(-c3cc4cccnc4o3)c2)c(OC)c1. The summed E-state index contributed by atoms with van der Waals surface area (Å²) < 4.78 is 16.4. The van der Waals surface area contributed by atoms with Crippen molar-refractivity contribution in [2.24, 2.45) is 0 Å². The summed E-state index contributed by atoms with van der Waals surface area (Å²) >= 11 is 0. The van der Waals surface area contributed by atoms with Gasteiger partial charge in [0.2, 0.25) is 5.71 Å². The lowest BCUT2D eigenvalue weighted by atomic mass is 10.1. The minimum atomic E-state index is -0.951. The topological polar surface area (TPSA) is 76.8 Å². The summed E-state index contributed by atoms with van der Waals surface area (Å²) in [5, 5.41) is 14.7. The molecule has 1 unspecified atom stereocenters. The maximum atomic E-state index is 10.7. The number of rotatable bonds is 6. The van der Waals surface area contributed by atoms with Gasteiger partial charge in [-0.3, -0.25) is 0 Å². The highest BCUT2D eigenvalue weighted by Crippen LogP contribution is 2.32. The van der Waals surface area contributed by atoms with E-state index in [-0.39, 0.29) is 0 Å². The summed E-state index contributed by atoms with van der Waals surface area (Å²) in [7, 11) is 3.14. The number of hydrogen-bond acceptors (Lipinski definition) is 6. The van der Waals surface area contributed by atoms with E-state index in [1.807, 2.05) is 42.5 Å². The monoisotopic (exact) mass is 376 g/mol. The number of furan rings is 1. The molecule has 4 aromatic rings. The van der Waals surface area contributed by atoms with Crippen molar-refractivity contribution < 1.29 is 19.0 Å². The number of fused-ring (bicyclic) bond motifs is 1. The van der Waals surface area contributed by atoms with Gasteiger partial charge in [-0.2, -0.15) is 0 Å². The molecule has 142 valence electrons. The zero-order valence-corrected chi connectivity index (χ0v) is 15.5. The van der Waals surface area contributed by atoms with Gasteiger partial charge in [-0.05, 0) is 42.5 Å². The van der Waals surface area contributed by atoms with E-state index in [1.54, 1.807) is 38.6 Å². The number of aliphatic hydroxyl groups excluding tert-OH is 1. The second kappa shape index (κ2) is 7.62. The molecule has 6 heteroatoms. The van der Waals surface area contributed by atoms with Crippen molar-refractivity contribution in [2.45, 2.75) is 6.23 Å². The van der Waals surface area contributed by atoms with Crippen LogP contribution in [0.2, 0.25) is 0 Å². The maximum absolute atomic E-state index is 10.7. The van der Waals surface area contributed by atoms with Gasteiger partial charge in [0.05, 0.1) is 14.2 Å². The minimum Gasteiger partial charge on any atom is -0.497 e. The molecule has 2 heterocycles. The van der Waals surface area contributed by atoms with Crippen LogP contribution < -0.4 is 14.8 Å². The van der Waals surface area contributed by atoms with Crippen molar-refractivity contribution in [2.75, 3.05) is 19.5 Å². The van der Waals surface area contributed by atoms with Gasteiger partial charge < -0.3 is 24.3 Å². The second-order valence-corrected chi connectivity index (χ2v) is 6.24. The highest BCUT2D eigenvalue weighted by atomic mass is 16.5. The molecule has 2 aromatic carbocycles.